The highest BCUT2D eigenvalue weighted by atomic mass is 16.5. The van der Waals surface area contributed by atoms with Gasteiger partial charge in [-0.15, -0.1) is 0 Å². The van der Waals surface area contributed by atoms with E-state index in [2.05, 4.69) is 19.2 Å². The first-order valence-electron chi connectivity index (χ1n) is 26.7. The maximum absolute atomic E-state index is 13.2. The van der Waals surface area contributed by atoms with Gasteiger partial charge in [0.05, 0.1) is 24.9 Å². The highest BCUT2D eigenvalue weighted by molar-refractivity contribution is 5.76. The Hall–Kier alpha value is -1.59. The molecule has 0 radical (unpaired) electrons. The molecule has 1 fully saturated rings. The van der Waals surface area contributed by atoms with Crippen LogP contribution in [-0.2, 0) is 16.0 Å². The van der Waals surface area contributed by atoms with Crippen molar-refractivity contribution in [1.82, 2.24) is 5.32 Å². The van der Waals surface area contributed by atoms with Gasteiger partial charge in [-0.3, -0.25) is 4.79 Å². The molecule has 0 bridgehead atoms. The van der Waals surface area contributed by atoms with Crippen molar-refractivity contribution < 1.29 is 40.2 Å². The van der Waals surface area contributed by atoms with Crippen molar-refractivity contribution in [3.63, 3.8) is 0 Å². The fourth-order valence-electron chi connectivity index (χ4n) is 9.37. The van der Waals surface area contributed by atoms with E-state index in [1.807, 2.05) is 24.3 Å². The van der Waals surface area contributed by atoms with Crippen molar-refractivity contribution in [2.24, 2.45) is 5.92 Å². The topological polar surface area (TPSA) is 160 Å². The van der Waals surface area contributed by atoms with Crippen molar-refractivity contribution in [3.05, 3.63) is 35.4 Å². The summed E-state index contributed by atoms with van der Waals surface area (Å²) in [7, 11) is 0. The minimum absolute atomic E-state index is 0.0923. The minimum Gasteiger partial charge on any atom is -0.396 e. The van der Waals surface area contributed by atoms with Crippen molar-refractivity contribution in [3.8, 4) is 0 Å². The molecule has 1 aliphatic carbocycles. The summed E-state index contributed by atoms with van der Waals surface area (Å²) in [6.45, 7) is 3.90. The SMILES string of the molecule is CCCCCCCCCCCCCCCCCCCCCCCCCCC(=O)N[C@@H](CO[C@H]1C[C@H](CO)[C@H](O)[C@H](O)[C@H]1O)[C@H](O)C(O)c1ccc(CCCCCCCCCC)cc1. The second-order valence-electron chi connectivity index (χ2n) is 19.5. The van der Waals surface area contributed by atoms with Crippen LogP contribution in [0.3, 0.4) is 0 Å². The fraction of sp³-hybridized carbons (Fsp3) is 0.870. The van der Waals surface area contributed by atoms with Gasteiger partial charge in [0.15, 0.2) is 0 Å². The van der Waals surface area contributed by atoms with Gasteiger partial charge in [-0.25, -0.2) is 0 Å². The summed E-state index contributed by atoms with van der Waals surface area (Å²) < 4.78 is 5.97. The molecule has 9 nitrogen and oxygen atoms in total. The van der Waals surface area contributed by atoms with Crippen LogP contribution in [0, 0.1) is 5.92 Å². The number of carbonyl (C=O) groups is 1. The molecule has 1 aromatic rings. The standard InChI is InChI=1S/C54H99NO8/c1-3-5-7-9-11-13-14-15-16-17-18-19-20-21-22-23-24-25-26-27-28-30-32-34-36-49(57)55-47(43-63-48-41-46(42-56)51(59)54(62)53(48)61)52(60)50(58)45-39-37-44(38-40-45)35-33-31-29-12-10-8-6-4-2/h37-40,46-48,50-54,56,58-62H,3-36,41-43H2,1-2H3,(H,55,57)/t46-,47+,48+,50?,51+,52+,53+,54+/m1/s1. The molecule has 0 aliphatic heterocycles. The molecule has 0 spiro atoms. The van der Waals surface area contributed by atoms with Crippen LogP contribution in [0.15, 0.2) is 24.3 Å². The van der Waals surface area contributed by atoms with Crippen molar-refractivity contribution in [2.75, 3.05) is 13.2 Å². The highest BCUT2D eigenvalue weighted by Crippen LogP contribution is 2.29. The van der Waals surface area contributed by atoms with Crippen LogP contribution >= 0.6 is 0 Å². The number of aryl methyl sites for hydroxylation is 1. The van der Waals surface area contributed by atoms with Gasteiger partial charge in [-0.1, -0.05) is 231 Å². The molecule has 368 valence electrons. The van der Waals surface area contributed by atoms with E-state index < -0.39 is 48.6 Å². The summed E-state index contributed by atoms with van der Waals surface area (Å²) in [5.74, 6) is -0.938. The summed E-state index contributed by atoms with van der Waals surface area (Å²) in [5, 5.41) is 66.6. The quantitative estimate of drug-likeness (QED) is 0.0320. The number of unbranched alkanes of at least 4 members (excludes halogenated alkanes) is 30. The fourth-order valence-corrected chi connectivity index (χ4v) is 9.37. The van der Waals surface area contributed by atoms with Gasteiger partial charge in [0.25, 0.3) is 0 Å². The smallest absolute Gasteiger partial charge is 0.220 e. The average molecular weight is 890 g/mol. The lowest BCUT2D eigenvalue weighted by Crippen LogP contribution is -2.56. The number of amides is 1. The number of carbonyl (C=O) groups excluding carboxylic acids is 1. The van der Waals surface area contributed by atoms with Crippen LogP contribution in [0.5, 0.6) is 0 Å². The van der Waals surface area contributed by atoms with Gasteiger partial charge < -0.3 is 40.7 Å². The average Bonchev–Trinajstić information content (AvgIpc) is 3.29. The number of rotatable bonds is 42. The van der Waals surface area contributed by atoms with Crippen LogP contribution in [0.1, 0.15) is 249 Å². The molecule has 63 heavy (non-hydrogen) atoms. The summed E-state index contributed by atoms with van der Waals surface area (Å²) in [6.07, 6.45) is 35.1. The second-order valence-corrected chi connectivity index (χ2v) is 19.5. The molecule has 0 saturated heterocycles. The Kier molecular flexibility index (Phi) is 35.2. The molecular formula is C54H99NO8. The molecule has 0 aromatic heterocycles. The number of benzene rings is 1. The lowest BCUT2D eigenvalue weighted by Gasteiger charge is -2.40. The van der Waals surface area contributed by atoms with E-state index in [1.165, 1.54) is 185 Å². The zero-order valence-electron chi connectivity index (χ0n) is 40.6. The van der Waals surface area contributed by atoms with Crippen molar-refractivity contribution in [1.29, 1.82) is 0 Å². The first kappa shape index (κ1) is 57.5. The van der Waals surface area contributed by atoms with Crippen LogP contribution in [0.2, 0.25) is 0 Å². The monoisotopic (exact) mass is 890 g/mol. The Labute approximate surface area is 386 Å². The Morgan fingerprint density at radius 2 is 0.968 bits per heavy atom. The van der Waals surface area contributed by atoms with Crippen LogP contribution in [-0.4, -0.2) is 86.3 Å². The molecule has 8 atom stereocenters. The Morgan fingerprint density at radius 1 is 0.571 bits per heavy atom. The van der Waals surface area contributed by atoms with Gasteiger partial charge in [0.2, 0.25) is 5.91 Å². The molecule has 1 unspecified atom stereocenters. The first-order valence-corrected chi connectivity index (χ1v) is 26.7. The van der Waals surface area contributed by atoms with E-state index >= 15 is 0 Å². The lowest BCUT2D eigenvalue weighted by atomic mass is 9.81. The number of aliphatic hydroxyl groups excluding tert-OH is 6. The molecule has 1 aromatic carbocycles. The van der Waals surface area contributed by atoms with E-state index in [-0.39, 0.29) is 32.0 Å². The van der Waals surface area contributed by atoms with Crippen LogP contribution in [0.4, 0.5) is 0 Å². The molecule has 9 heteroatoms. The third kappa shape index (κ3) is 27.0. The number of nitrogens with one attached hydrogen (secondary N) is 1. The van der Waals surface area contributed by atoms with Crippen LogP contribution in [0.25, 0.3) is 0 Å². The molecule has 1 saturated carbocycles. The van der Waals surface area contributed by atoms with E-state index in [0.717, 1.165) is 32.1 Å². The third-order valence-electron chi connectivity index (χ3n) is 13.8. The molecular weight excluding hydrogens is 791 g/mol. The van der Waals surface area contributed by atoms with E-state index in [4.69, 9.17) is 4.74 Å². The van der Waals surface area contributed by atoms with E-state index in [1.54, 1.807) is 0 Å². The number of hydrogen-bond acceptors (Lipinski definition) is 8. The predicted octanol–water partition coefficient (Wildman–Crippen LogP) is 11.5. The molecule has 0 heterocycles. The van der Waals surface area contributed by atoms with Crippen LogP contribution < -0.4 is 5.32 Å². The van der Waals surface area contributed by atoms with Gasteiger partial charge in [0.1, 0.15) is 24.4 Å². The summed E-state index contributed by atoms with van der Waals surface area (Å²) in [6, 6.07) is 6.62. The maximum Gasteiger partial charge on any atom is 0.220 e. The number of ether oxygens (including phenoxy) is 1. The zero-order chi connectivity index (χ0) is 45.8. The van der Waals surface area contributed by atoms with Gasteiger partial charge in [-0.2, -0.15) is 0 Å². The van der Waals surface area contributed by atoms with E-state index in [9.17, 15) is 35.4 Å². The number of aliphatic hydroxyl groups is 6. The van der Waals surface area contributed by atoms with Gasteiger partial charge in [-0.05, 0) is 36.8 Å². The normalized spacial score (nSPS) is 20.5. The van der Waals surface area contributed by atoms with Gasteiger partial charge in [0, 0.05) is 18.9 Å². The Balaban J connectivity index is 1.66. The summed E-state index contributed by atoms with van der Waals surface area (Å²) in [4.78, 5) is 13.2. The first-order chi connectivity index (χ1) is 30.7. The van der Waals surface area contributed by atoms with Crippen molar-refractivity contribution in [2.45, 2.75) is 281 Å². The largest absolute Gasteiger partial charge is 0.396 e. The Bertz CT molecular complexity index is 1180. The second kappa shape index (κ2) is 38.5. The number of hydrogen-bond donors (Lipinski definition) is 7. The van der Waals surface area contributed by atoms with E-state index in [0.29, 0.717) is 5.56 Å². The summed E-state index contributed by atoms with van der Waals surface area (Å²) in [5.41, 5.74) is 1.71. The highest BCUT2D eigenvalue weighted by Gasteiger charge is 2.43. The maximum atomic E-state index is 13.2. The Morgan fingerprint density at radius 3 is 1.38 bits per heavy atom. The molecule has 2 rings (SSSR count). The van der Waals surface area contributed by atoms with Gasteiger partial charge >= 0.3 is 0 Å². The molecule has 1 amide bonds. The third-order valence-corrected chi connectivity index (χ3v) is 13.8. The molecule has 1 aliphatic rings. The summed E-state index contributed by atoms with van der Waals surface area (Å²) >= 11 is 0. The lowest BCUT2D eigenvalue weighted by molar-refractivity contribution is -0.182. The molecule has 7 N–H and O–H groups in total. The predicted molar refractivity (Wildman–Crippen MR) is 260 cm³/mol. The minimum atomic E-state index is -1.50. The van der Waals surface area contributed by atoms with Crippen molar-refractivity contribution >= 4 is 5.91 Å². The zero-order valence-corrected chi connectivity index (χ0v) is 40.6.